The first kappa shape index (κ1) is 11.5. The van der Waals surface area contributed by atoms with E-state index in [0.717, 1.165) is 35.3 Å². The number of nitrogens with one attached hydrogen (secondary N) is 1. The summed E-state index contributed by atoms with van der Waals surface area (Å²) < 4.78 is 1.21. The van der Waals surface area contributed by atoms with E-state index in [2.05, 4.69) is 50.5 Å². The summed E-state index contributed by atoms with van der Waals surface area (Å²) in [7, 11) is 0. The lowest BCUT2D eigenvalue weighted by atomic mass is 10.1. The van der Waals surface area contributed by atoms with E-state index in [1.807, 2.05) is 24.3 Å². The molecule has 18 heavy (non-hydrogen) atoms. The first-order valence-corrected chi connectivity index (χ1v) is 6.80. The Morgan fingerprint density at radius 2 is 2.00 bits per heavy atom. The van der Waals surface area contributed by atoms with Crippen LogP contribution in [0.5, 0.6) is 0 Å². The zero-order valence-electron chi connectivity index (χ0n) is 9.86. The maximum absolute atomic E-state index is 4.60. The molecule has 0 unspecified atom stereocenters. The third-order valence-electron chi connectivity index (χ3n) is 2.97. The molecule has 2 aromatic rings. The summed E-state index contributed by atoms with van der Waals surface area (Å²) in [6.45, 7) is 0. The Kier molecular flexibility index (Phi) is 3.15. The summed E-state index contributed by atoms with van der Waals surface area (Å²) in [6, 6.07) is 12.2. The molecule has 0 fully saturated rings. The Morgan fingerprint density at radius 3 is 2.89 bits per heavy atom. The van der Waals surface area contributed by atoms with Gasteiger partial charge in [0.05, 0.1) is 5.52 Å². The van der Waals surface area contributed by atoms with Crippen molar-refractivity contribution in [2.45, 2.75) is 12.8 Å². The van der Waals surface area contributed by atoms with E-state index in [9.17, 15) is 0 Å². The maximum atomic E-state index is 4.60. The summed E-state index contributed by atoms with van der Waals surface area (Å²) >= 11 is 3.60. The molecule has 1 aliphatic carbocycles. The fourth-order valence-corrected chi connectivity index (χ4v) is 2.48. The van der Waals surface area contributed by atoms with Crippen molar-refractivity contribution in [3.8, 4) is 0 Å². The summed E-state index contributed by atoms with van der Waals surface area (Å²) in [5, 5.41) is 4.52. The van der Waals surface area contributed by atoms with Gasteiger partial charge < -0.3 is 5.32 Å². The van der Waals surface area contributed by atoms with Crippen molar-refractivity contribution in [2.24, 2.45) is 0 Å². The number of pyridine rings is 1. The van der Waals surface area contributed by atoms with Crippen LogP contribution in [0.15, 0.2) is 58.7 Å². The van der Waals surface area contributed by atoms with Gasteiger partial charge in [0.15, 0.2) is 0 Å². The van der Waals surface area contributed by atoms with Gasteiger partial charge in [0.25, 0.3) is 0 Å². The molecule has 0 bridgehead atoms. The minimum absolute atomic E-state index is 0.882. The fourth-order valence-electron chi connectivity index (χ4n) is 2.02. The number of nitrogens with zero attached hydrogens (tertiary/aromatic N) is 1. The number of fused-ring (bicyclic) bond motifs is 1. The van der Waals surface area contributed by atoms with E-state index in [1.165, 1.54) is 4.48 Å². The first-order valence-electron chi connectivity index (χ1n) is 6.01. The Bertz CT molecular complexity index is 644. The van der Waals surface area contributed by atoms with Crippen LogP contribution >= 0.6 is 15.9 Å². The molecule has 0 aliphatic heterocycles. The Labute approximate surface area is 115 Å². The molecule has 3 rings (SSSR count). The smallest absolute Gasteiger partial charge is 0.131 e. The van der Waals surface area contributed by atoms with Crippen LogP contribution in [0.3, 0.4) is 0 Å². The number of benzene rings is 1. The van der Waals surface area contributed by atoms with Crippen molar-refractivity contribution in [1.29, 1.82) is 0 Å². The van der Waals surface area contributed by atoms with Crippen LogP contribution in [-0.4, -0.2) is 4.98 Å². The van der Waals surface area contributed by atoms with Crippen LogP contribution in [0.25, 0.3) is 10.9 Å². The van der Waals surface area contributed by atoms with Gasteiger partial charge in [-0.05, 0) is 37.1 Å². The van der Waals surface area contributed by atoms with Gasteiger partial charge in [0.1, 0.15) is 5.82 Å². The zero-order chi connectivity index (χ0) is 12.4. The molecule has 0 atom stereocenters. The average Bonchev–Trinajstić information content (AvgIpc) is 2.41. The standard InChI is InChI=1S/C15H13BrN2/c16-12-6-2-4-8-14(12)18-15-10-9-11-5-1-3-7-13(11)17-15/h1,3-5,7-10H,2,6H2,(H,17,18). The summed E-state index contributed by atoms with van der Waals surface area (Å²) in [5.74, 6) is 0.882. The topological polar surface area (TPSA) is 24.9 Å². The van der Waals surface area contributed by atoms with Crippen LogP contribution in [-0.2, 0) is 0 Å². The van der Waals surface area contributed by atoms with Crippen molar-refractivity contribution in [1.82, 2.24) is 4.98 Å². The maximum Gasteiger partial charge on any atom is 0.131 e. The summed E-state index contributed by atoms with van der Waals surface area (Å²) in [4.78, 5) is 4.60. The number of anilines is 1. The molecule has 1 aliphatic rings. The third kappa shape index (κ3) is 2.31. The molecule has 0 spiro atoms. The van der Waals surface area contributed by atoms with E-state index < -0.39 is 0 Å². The van der Waals surface area contributed by atoms with E-state index >= 15 is 0 Å². The second-order valence-electron chi connectivity index (χ2n) is 4.27. The molecule has 0 saturated carbocycles. The molecule has 0 radical (unpaired) electrons. The number of aromatic nitrogens is 1. The van der Waals surface area contributed by atoms with E-state index in [-0.39, 0.29) is 0 Å². The lowest BCUT2D eigenvalue weighted by molar-refractivity contribution is 1.00. The largest absolute Gasteiger partial charge is 0.340 e. The molecule has 1 aromatic carbocycles. The van der Waals surface area contributed by atoms with Crippen molar-refractivity contribution < 1.29 is 0 Å². The quantitative estimate of drug-likeness (QED) is 0.876. The number of para-hydroxylation sites is 1. The van der Waals surface area contributed by atoms with Crippen molar-refractivity contribution in [2.75, 3.05) is 5.32 Å². The van der Waals surface area contributed by atoms with Gasteiger partial charge in [-0.25, -0.2) is 4.98 Å². The van der Waals surface area contributed by atoms with Crippen LogP contribution in [0.2, 0.25) is 0 Å². The molecule has 0 saturated heterocycles. The highest BCUT2D eigenvalue weighted by Crippen LogP contribution is 2.25. The third-order valence-corrected chi connectivity index (χ3v) is 3.79. The fraction of sp³-hybridized carbons (Fsp3) is 0.133. The predicted octanol–water partition coefficient (Wildman–Crippen LogP) is 4.60. The molecule has 1 N–H and O–H groups in total. The van der Waals surface area contributed by atoms with Gasteiger partial charge in [0, 0.05) is 15.6 Å². The molecule has 90 valence electrons. The van der Waals surface area contributed by atoms with Gasteiger partial charge in [-0.15, -0.1) is 0 Å². The van der Waals surface area contributed by atoms with E-state index in [0.29, 0.717) is 0 Å². The highest BCUT2D eigenvalue weighted by atomic mass is 79.9. The van der Waals surface area contributed by atoms with Gasteiger partial charge in [-0.3, -0.25) is 0 Å². The average molecular weight is 301 g/mol. The number of halogens is 1. The second-order valence-corrected chi connectivity index (χ2v) is 5.23. The van der Waals surface area contributed by atoms with E-state index in [4.69, 9.17) is 0 Å². The van der Waals surface area contributed by atoms with Crippen molar-refractivity contribution >= 4 is 32.7 Å². The minimum atomic E-state index is 0.882. The number of rotatable bonds is 2. The highest BCUT2D eigenvalue weighted by molar-refractivity contribution is 9.11. The number of hydrogen-bond acceptors (Lipinski definition) is 2. The molecule has 1 aromatic heterocycles. The Balaban J connectivity index is 1.93. The lowest BCUT2D eigenvalue weighted by Crippen LogP contribution is -2.03. The van der Waals surface area contributed by atoms with Crippen LogP contribution in [0.4, 0.5) is 5.82 Å². The number of allylic oxidation sites excluding steroid dienone is 3. The van der Waals surface area contributed by atoms with Crippen LogP contribution < -0.4 is 5.32 Å². The molecular formula is C15H13BrN2. The van der Waals surface area contributed by atoms with Crippen LogP contribution in [0.1, 0.15) is 12.8 Å². The molecule has 3 heteroatoms. The molecular weight excluding hydrogens is 288 g/mol. The zero-order valence-corrected chi connectivity index (χ0v) is 11.4. The predicted molar refractivity (Wildman–Crippen MR) is 79.7 cm³/mol. The number of hydrogen-bond donors (Lipinski definition) is 1. The highest BCUT2D eigenvalue weighted by Gasteiger charge is 2.06. The summed E-state index contributed by atoms with van der Waals surface area (Å²) in [6.07, 6.45) is 6.42. The van der Waals surface area contributed by atoms with Gasteiger partial charge >= 0.3 is 0 Å². The van der Waals surface area contributed by atoms with Gasteiger partial charge in [0.2, 0.25) is 0 Å². The molecule has 1 heterocycles. The van der Waals surface area contributed by atoms with Gasteiger partial charge in [-0.1, -0.05) is 40.2 Å². The SMILES string of the molecule is BrC1=C(Nc2ccc3ccccc3n2)C=CCC1. The van der Waals surface area contributed by atoms with Crippen LogP contribution in [0, 0.1) is 0 Å². The monoisotopic (exact) mass is 300 g/mol. The minimum Gasteiger partial charge on any atom is -0.340 e. The normalized spacial score (nSPS) is 15.2. The summed E-state index contributed by atoms with van der Waals surface area (Å²) in [5.41, 5.74) is 2.11. The molecule has 2 nitrogen and oxygen atoms in total. The Morgan fingerprint density at radius 1 is 1.11 bits per heavy atom. The first-order chi connectivity index (χ1) is 8.83. The van der Waals surface area contributed by atoms with Crippen molar-refractivity contribution in [3.63, 3.8) is 0 Å². The van der Waals surface area contributed by atoms with Crippen molar-refractivity contribution in [3.05, 3.63) is 58.7 Å². The lowest BCUT2D eigenvalue weighted by Gasteiger charge is -2.13. The van der Waals surface area contributed by atoms with Gasteiger partial charge in [-0.2, -0.15) is 0 Å². The van der Waals surface area contributed by atoms with E-state index in [1.54, 1.807) is 0 Å². The Hall–Kier alpha value is -1.61. The second kappa shape index (κ2) is 4.94. The molecule has 0 amide bonds.